The van der Waals surface area contributed by atoms with Crippen LogP contribution in [0.5, 0.6) is 0 Å². The molecular formula is C8H10FNO2. The minimum absolute atomic E-state index is 0.0706. The lowest BCUT2D eigenvalue weighted by Crippen LogP contribution is -2.04. The summed E-state index contributed by atoms with van der Waals surface area (Å²) in [6.07, 6.45) is 2.49. The summed E-state index contributed by atoms with van der Waals surface area (Å²) >= 11 is 0. The molecule has 1 aliphatic heterocycles. The summed E-state index contributed by atoms with van der Waals surface area (Å²) in [5, 5.41) is 0. The van der Waals surface area contributed by atoms with Crippen LogP contribution in [0, 0.1) is 0 Å². The smallest absolute Gasteiger partial charge is 0.311 e. The molecule has 0 saturated heterocycles. The van der Waals surface area contributed by atoms with Gasteiger partial charge in [0.25, 0.3) is 0 Å². The van der Waals surface area contributed by atoms with E-state index in [9.17, 15) is 9.18 Å². The Bertz CT molecular complexity index is 245. The Morgan fingerprint density at radius 1 is 1.83 bits per heavy atom. The van der Waals surface area contributed by atoms with Crippen LogP contribution in [-0.2, 0) is 9.53 Å². The molecule has 4 heteroatoms. The van der Waals surface area contributed by atoms with Gasteiger partial charge in [-0.1, -0.05) is 0 Å². The molecule has 1 heterocycles. The molecule has 66 valence electrons. The van der Waals surface area contributed by atoms with Gasteiger partial charge in [-0.2, -0.15) is 0 Å². The highest BCUT2D eigenvalue weighted by Crippen LogP contribution is 2.20. The maximum atomic E-state index is 12.9. The van der Waals surface area contributed by atoms with Gasteiger partial charge in [0.05, 0.1) is 19.2 Å². The highest BCUT2D eigenvalue weighted by molar-refractivity contribution is 5.74. The van der Waals surface area contributed by atoms with E-state index in [1.165, 1.54) is 7.11 Å². The van der Waals surface area contributed by atoms with Crippen LogP contribution in [0.1, 0.15) is 19.3 Å². The van der Waals surface area contributed by atoms with Crippen molar-refractivity contribution in [3.8, 4) is 0 Å². The minimum Gasteiger partial charge on any atom is -0.469 e. The van der Waals surface area contributed by atoms with Crippen molar-refractivity contribution in [2.75, 3.05) is 7.11 Å². The van der Waals surface area contributed by atoms with Crippen LogP contribution in [0.2, 0.25) is 0 Å². The third-order valence-corrected chi connectivity index (χ3v) is 1.59. The van der Waals surface area contributed by atoms with Crippen molar-refractivity contribution in [3.63, 3.8) is 0 Å². The van der Waals surface area contributed by atoms with Crippen molar-refractivity contribution in [3.05, 3.63) is 11.5 Å². The normalized spacial score (nSPS) is 16.5. The SMILES string of the molecule is COC(=O)CC1=C(F)CCC=N1. The van der Waals surface area contributed by atoms with E-state index < -0.39 is 5.97 Å². The molecule has 0 aromatic carbocycles. The van der Waals surface area contributed by atoms with Gasteiger partial charge in [-0.3, -0.25) is 9.79 Å². The van der Waals surface area contributed by atoms with Crippen molar-refractivity contribution in [2.24, 2.45) is 4.99 Å². The molecular weight excluding hydrogens is 161 g/mol. The number of carbonyl (C=O) groups excluding carboxylic acids is 1. The van der Waals surface area contributed by atoms with Crippen LogP contribution >= 0.6 is 0 Å². The van der Waals surface area contributed by atoms with Crippen LogP contribution in [0.15, 0.2) is 16.5 Å². The fraction of sp³-hybridized carbons (Fsp3) is 0.500. The molecule has 0 amide bonds. The topological polar surface area (TPSA) is 38.7 Å². The van der Waals surface area contributed by atoms with Gasteiger partial charge >= 0.3 is 5.97 Å². The average molecular weight is 171 g/mol. The van der Waals surface area contributed by atoms with Crippen molar-refractivity contribution < 1.29 is 13.9 Å². The number of methoxy groups -OCH3 is 1. The van der Waals surface area contributed by atoms with Crippen LogP contribution in [0.3, 0.4) is 0 Å². The van der Waals surface area contributed by atoms with Gasteiger partial charge in [-0.05, 0) is 6.42 Å². The number of hydrogen-bond donors (Lipinski definition) is 0. The first-order valence-corrected chi connectivity index (χ1v) is 3.71. The summed E-state index contributed by atoms with van der Waals surface area (Å²) in [5.74, 6) is -0.762. The molecule has 1 rings (SSSR count). The van der Waals surface area contributed by atoms with E-state index in [1.54, 1.807) is 6.21 Å². The maximum Gasteiger partial charge on any atom is 0.311 e. The summed E-state index contributed by atoms with van der Waals surface area (Å²) in [6.45, 7) is 0. The molecule has 0 saturated carbocycles. The number of ether oxygens (including phenoxy) is 1. The Balaban J connectivity index is 2.61. The van der Waals surface area contributed by atoms with Crippen LogP contribution in [0.4, 0.5) is 4.39 Å². The lowest BCUT2D eigenvalue weighted by molar-refractivity contribution is -0.139. The maximum absolute atomic E-state index is 12.9. The summed E-state index contributed by atoms with van der Waals surface area (Å²) in [6, 6.07) is 0. The summed E-state index contributed by atoms with van der Waals surface area (Å²) in [4.78, 5) is 14.5. The summed E-state index contributed by atoms with van der Waals surface area (Å²) < 4.78 is 17.3. The van der Waals surface area contributed by atoms with Crippen molar-refractivity contribution in [2.45, 2.75) is 19.3 Å². The molecule has 1 aliphatic rings. The molecule has 3 nitrogen and oxygen atoms in total. The fourth-order valence-corrected chi connectivity index (χ4v) is 0.931. The van der Waals surface area contributed by atoms with Crippen molar-refractivity contribution in [1.82, 2.24) is 0 Å². The van der Waals surface area contributed by atoms with Crippen LogP contribution in [-0.4, -0.2) is 19.3 Å². The Hall–Kier alpha value is -1.19. The third-order valence-electron chi connectivity index (χ3n) is 1.59. The highest BCUT2D eigenvalue weighted by Gasteiger charge is 2.13. The number of allylic oxidation sites excluding steroid dienone is 1. The predicted molar refractivity (Wildman–Crippen MR) is 42.5 cm³/mol. The first-order chi connectivity index (χ1) is 5.74. The van der Waals surface area contributed by atoms with E-state index in [1.807, 2.05) is 0 Å². The van der Waals surface area contributed by atoms with E-state index >= 15 is 0 Å². The van der Waals surface area contributed by atoms with Gasteiger partial charge < -0.3 is 4.74 Å². The predicted octanol–water partition coefficient (Wildman–Crippen LogP) is 1.60. The summed E-state index contributed by atoms with van der Waals surface area (Å²) in [7, 11) is 1.27. The highest BCUT2D eigenvalue weighted by atomic mass is 19.1. The third kappa shape index (κ3) is 2.15. The van der Waals surface area contributed by atoms with Crippen LogP contribution in [0.25, 0.3) is 0 Å². The standard InChI is InChI=1S/C8H10FNO2/c1-12-8(11)5-7-6(9)3-2-4-10-7/h4H,2-3,5H2,1H3. The quantitative estimate of drug-likeness (QED) is 0.592. The van der Waals surface area contributed by atoms with Gasteiger partial charge in [-0.15, -0.1) is 0 Å². The van der Waals surface area contributed by atoms with E-state index in [2.05, 4.69) is 9.73 Å². The molecule has 12 heavy (non-hydrogen) atoms. The van der Waals surface area contributed by atoms with E-state index in [4.69, 9.17) is 0 Å². The Kier molecular flexibility index (Phi) is 2.96. The second kappa shape index (κ2) is 3.99. The zero-order valence-electron chi connectivity index (χ0n) is 6.84. The average Bonchev–Trinajstić information content (AvgIpc) is 2.09. The first kappa shape index (κ1) is 8.90. The largest absolute Gasteiger partial charge is 0.469 e. The van der Waals surface area contributed by atoms with Crippen molar-refractivity contribution in [1.29, 1.82) is 0 Å². The van der Waals surface area contributed by atoms with E-state index in [0.717, 1.165) is 0 Å². The van der Waals surface area contributed by atoms with Gasteiger partial charge in [0, 0.05) is 12.6 Å². The Morgan fingerprint density at radius 3 is 3.17 bits per heavy atom. The van der Waals surface area contributed by atoms with Crippen molar-refractivity contribution >= 4 is 12.2 Å². The molecule has 0 aromatic heterocycles. The molecule has 0 unspecified atom stereocenters. The Morgan fingerprint density at radius 2 is 2.58 bits per heavy atom. The van der Waals surface area contributed by atoms with Gasteiger partial charge in [0.15, 0.2) is 0 Å². The van der Waals surface area contributed by atoms with Gasteiger partial charge in [0.1, 0.15) is 5.83 Å². The van der Waals surface area contributed by atoms with Crippen LogP contribution < -0.4 is 0 Å². The second-order valence-electron chi connectivity index (χ2n) is 2.45. The van der Waals surface area contributed by atoms with Gasteiger partial charge in [-0.25, -0.2) is 4.39 Å². The number of carbonyl (C=O) groups is 1. The number of esters is 1. The Labute approximate surface area is 69.9 Å². The second-order valence-corrected chi connectivity index (χ2v) is 2.45. The zero-order chi connectivity index (χ0) is 8.97. The lowest BCUT2D eigenvalue weighted by Gasteiger charge is -2.06. The monoisotopic (exact) mass is 171 g/mol. The number of halogens is 1. The minimum atomic E-state index is -0.459. The number of nitrogens with zero attached hydrogens (tertiary/aromatic N) is 1. The fourth-order valence-electron chi connectivity index (χ4n) is 0.931. The zero-order valence-corrected chi connectivity index (χ0v) is 6.84. The molecule has 0 N–H and O–H groups in total. The molecule has 0 bridgehead atoms. The molecule has 0 radical (unpaired) electrons. The molecule has 0 fully saturated rings. The number of rotatable bonds is 2. The van der Waals surface area contributed by atoms with E-state index in [-0.39, 0.29) is 17.9 Å². The molecule has 0 aromatic rings. The number of hydrogen-bond acceptors (Lipinski definition) is 3. The van der Waals surface area contributed by atoms with Gasteiger partial charge in [0.2, 0.25) is 0 Å². The lowest BCUT2D eigenvalue weighted by atomic mass is 10.2. The summed E-state index contributed by atoms with van der Waals surface area (Å²) in [5.41, 5.74) is 0.202. The molecule has 0 spiro atoms. The molecule has 0 atom stereocenters. The van der Waals surface area contributed by atoms with E-state index in [0.29, 0.717) is 12.8 Å². The first-order valence-electron chi connectivity index (χ1n) is 3.71. The molecule has 0 aliphatic carbocycles. The number of aliphatic imine (C=N–C) groups is 1.